The van der Waals surface area contributed by atoms with E-state index in [0.717, 1.165) is 22.2 Å². The van der Waals surface area contributed by atoms with E-state index < -0.39 is 0 Å². The summed E-state index contributed by atoms with van der Waals surface area (Å²) in [4.78, 5) is 20.6. The maximum atomic E-state index is 12.4. The summed E-state index contributed by atoms with van der Waals surface area (Å²) in [5.41, 5.74) is 0. The molecule has 1 saturated carbocycles. The van der Waals surface area contributed by atoms with Gasteiger partial charge in [-0.2, -0.15) is 0 Å². The zero-order valence-electron chi connectivity index (χ0n) is 10.3. The summed E-state index contributed by atoms with van der Waals surface area (Å²) in [6, 6.07) is 4.73. The fourth-order valence-electron chi connectivity index (χ4n) is 3.08. The van der Waals surface area contributed by atoms with E-state index in [-0.39, 0.29) is 6.03 Å². The van der Waals surface area contributed by atoms with Crippen molar-refractivity contribution in [3.05, 3.63) is 21.9 Å². The van der Waals surface area contributed by atoms with Crippen molar-refractivity contribution in [1.82, 2.24) is 9.88 Å². The predicted molar refractivity (Wildman–Crippen MR) is 78.6 cm³/mol. The van der Waals surface area contributed by atoms with Gasteiger partial charge in [0.15, 0.2) is 0 Å². The van der Waals surface area contributed by atoms with E-state index in [2.05, 4.69) is 27.6 Å². The molecule has 2 fully saturated rings. The normalized spacial score (nSPS) is 27.6. The van der Waals surface area contributed by atoms with E-state index in [1.165, 1.54) is 12.8 Å². The molecule has 5 heteroatoms. The standard InChI is InChI=1S/C13H16IN3O/c1-16-10-4-2-3-5-11(10)17(13(16)18)12-7-6-9(14)8-15-12/h6-8,10-11H,2-5H2,1H3/t10-,11+/m1/s1. The molecule has 1 aliphatic heterocycles. The van der Waals surface area contributed by atoms with Crippen molar-refractivity contribution in [3.8, 4) is 0 Å². The molecule has 1 aliphatic carbocycles. The van der Waals surface area contributed by atoms with Crippen molar-refractivity contribution in [3.63, 3.8) is 0 Å². The summed E-state index contributed by atoms with van der Waals surface area (Å²) in [7, 11) is 1.91. The van der Waals surface area contributed by atoms with Crippen molar-refractivity contribution in [2.75, 3.05) is 11.9 Å². The Morgan fingerprint density at radius 2 is 2.00 bits per heavy atom. The Kier molecular flexibility index (Phi) is 3.17. The number of halogens is 1. The molecule has 0 spiro atoms. The van der Waals surface area contributed by atoms with Crippen LogP contribution in [0.25, 0.3) is 0 Å². The SMILES string of the molecule is CN1C(=O)N(c2ccc(I)cn2)[C@H]2CCCC[C@H]21. The number of anilines is 1. The van der Waals surface area contributed by atoms with Crippen molar-refractivity contribution in [1.29, 1.82) is 0 Å². The van der Waals surface area contributed by atoms with E-state index in [4.69, 9.17) is 0 Å². The van der Waals surface area contributed by atoms with Gasteiger partial charge in [0.2, 0.25) is 0 Å². The summed E-state index contributed by atoms with van der Waals surface area (Å²) >= 11 is 2.23. The van der Waals surface area contributed by atoms with Gasteiger partial charge in [-0.15, -0.1) is 0 Å². The van der Waals surface area contributed by atoms with Gasteiger partial charge in [-0.3, -0.25) is 4.90 Å². The zero-order valence-corrected chi connectivity index (χ0v) is 12.5. The lowest BCUT2D eigenvalue weighted by Crippen LogP contribution is -2.39. The number of aromatic nitrogens is 1. The topological polar surface area (TPSA) is 36.4 Å². The summed E-state index contributed by atoms with van der Waals surface area (Å²) in [5, 5.41) is 0. The average Bonchev–Trinajstić information content (AvgIpc) is 2.64. The van der Waals surface area contributed by atoms with Gasteiger partial charge < -0.3 is 4.90 Å². The number of hydrogen-bond acceptors (Lipinski definition) is 2. The molecule has 3 rings (SSSR count). The highest BCUT2D eigenvalue weighted by atomic mass is 127. The van der Waals surface area contributed by atoms with Crippen LogP contribution < -0.4 is 4.90 Å². The van der Waals surface area contributed by atoms with Gasteiger partial charge >= 0.3 is 6.03 Å². The molecule has 0 bridgehead atoms. The van der Waals surface area contributed by atoms with Gasteiger partial charge in [0.05, 0.1) is 12.1 Å². The first-order valence-corrected chi connectivity index (χ1v) is 7.44. The predicted octanol–water partition coefficient (Wildman–Crippen LogP) is 2.87. The molecule has 1 aromatic heterocycles. The van der Waals surface area contributed by atoms with E-state index >= 15 is 0 Å². The Morgan fingerprint density at radius 3 is 2.67 bits per heavy atom. The number of urea groups is 1. The highest BCUT2D eigenvalue weighted by Gasteiger charge is 2.45. The first-order valence-electron chi connectivity index (χ1n) is 6.36. The molecular formula is C13H16IN3O. The number of carbonyl (C=O) groups is 1. The number of hydrogen-bond donors (Lipinski definition) is 0. The summed E-state index contributed by atoms with van der Waals surface area (Å²) < 4.78 is 1.09. The molecular weight excluding hydrogens is 341 g/mol. The zero-order chi connectivity index (χ0) is 12.7. The van der Waals surface area contributed by atoms with Crippen molar-refractivity contribution >= 4 is 34.4 Å². The molecule has 4 nitrogen and oxygen atoms in total. The highest BCUT2D eigenvalue weighted by molar-refractivity contribution is 14.1. The fourth-order valence-corrected chi connectivity index (χ4v) is 3.40. The maximum absolute atomic E-state index is 12.4. The maximum Gasteiger partial charge on any atom is 0.326 e. The van der Waals surface area contributed by atoms with E-state index in [1.54, 1.807) is 0 Å². The quantitative estimate of drug-likeness (QED) is 0.725. The second-order valence-electron chi connectivity index (χ2n) is 5.02. The Morgan fingerprint density at radius 1 is 1.28 bits per heavy atom. The molecule has 2 heterocycles. The van der Waals surface area contributed by atoms with E-state index in [9.17, 15) is 4.79 Å². The lowest BCUT2D eigenvalue weighted by atomic mass is 9.90. The summed E-state index contributed by atoms with van der Waals surface area (Å²) in [6.45, 7) is 0. The van der Waals surface area contributed by atoms with Crippen LogP contribution in [0.4, 0.5) is 10.6 Å². The molecule has 1 aromatic rings. The summed E-state index contributed by atoms with van der Waals surface area (Å²) in [5.74, 6) is 0.793. The lowest BCUT2D eigenvalue weighted by molar-refractivity contribution is 0.208. The van der Waals surface area contributed by atoms with Crippen LogP contribution in [0.3, 0.4) is 0 Å². The number of fused-ring (bicyclic) bond motifs is 1. The minimum atomic E-state index is 0.0978. The Bertz CT molecular complexity index is 462. The third kappa shape index (κ3) is 1.88. The lowest BCUT2D eigenvalue weighted by Gasteiger charge is -2.30. The van der Waals surface area contributed by atoms with Gasteiger partial charge in [0.1, 0.15) is 5.82 Å². The van der Waals surface area contributed by atoms with Gasteiger partial charge in [0, 0.05) is 16.8 Å². The smallest absolute Gasteiger partial charge is 0.322 e. The van der Waals surface area contributed by atoms with Gasteiger partial charge in [-0.1, -0.05) is 12.8 Å². The number of rotatable bonds is 1. The molecule has 0 aromatic carbocycles. The van der Waals surface area contributed by atoms with Crippen LogP contribution in [0.2, 0.25) is 0 Å². The molecule has 0 N–H and O–H groups in total. The molecule has 1 saturated heterocycles. The minimum absolute atomic E-state index is 0.0978. The van der Waals surface area contributed by atoms with Crippen LogP contribution >= 0.6 is 22.6 Å². The first-order chi connectivity index (χ1) is 8.68. The molecule has 18 heavy (non-hydrogen) atoms. The van der Waals surface area contributed by atoms with Crippen LogP contribution in [-0.4, -0.2) is 35.0 Å². The molecule has 0 unspecified atom stereocenters. The number of carbonyl (C=O) groups excluding carboxylic acids is 1. The second kappa shape index (κ2) is 4.68. The van der Waals surface area contributed by atoms with Gasteiger partial charge in [0.25, 0.3) is 0 Å². The highest BCUT2D eigenvalue weighted by Crippen LogP contribution is 2.35. The van der Waals surface area contributed by atoms with Crippen molar-refractivity contribution in [2.45, 2.75) is 37.8 Å². The van der Waals surface area contributed by atoms with E-state index in [0.29, 0.717) is 12.1 Å². The van der Waals surface area contributed by atoms with E-state index in [1.807, 2.05) is 35.2 Å². The molecule has 2 amide bonds. The fraction of sp³-hybridized carbons (Fsp3) is 0.538. The van der Waals surface area contributed by atoms with Crippen LogP contribution in [0.5, 0.6) is 0 Å². The van der Waals surface area contributed by atoms with Crippen LogP contribution in [0, 0.1) is 3.57 Å². The number of amides is 2. The minimum Gasteiger partial charge on any atom is -0.322 e. The largest absolute Gasteiger partial charge is 0.326 e. The monoisotopic (exact) mass is 357 g/mol. The molecule has 96 valence electrons. The second-order valence-corrected chi connectivity index (χ2v) is 6.26. The average molecular weight is 357 g/mol. The Labute approximate surface area is 121 Å². The molecule has 0 radical (unpaired) electrons. The molecule has 2 atom stereocenters. The van der Waals surface area contributed by atoms with Crippen LogP contribution in [-0.2, 0) is 0 Å². The molecule has 2 aliphatic rings. The Hall–Kier alpha value is -0.850. The van der Waals surface area contributed by atoms with Crippen molar-refractivity contribution in [2.24, 2.45) is 0 Å². The summed E-state index contributed by atoms with van der Waals surface area (Å²) in [6.07, 6.45) is 6.47. The Balaban J connectivity index is 1.95. The number of nitrogens with zero attached hydrogens (tertiary/aromatic N) is 3. The first kappa shape index (κ1) is 12.2. The van der Waals surface area contributed by atoms with Gasteiger partial charge in [-0.25, -0.2) is 9.78 Å². The van der Waals surface area contributed by atoms with Crippen LogP contribution in [0.1, 0.15) is 25.7 Å². The van der Waals surface area contributed by atoms with Crippen LogP contribution in [0.15, 0.2) is 18.3 Å². The third-order valence-corrected chi connectivity index (χ3v) is 4.63. The number of likely N-dealkylation sites (N-methyl/N-ethyl adjacent to an activating group) is 1. The van der Waals surface area contributed by atoms with Gasteiger partial charge in [-0.05, 0) is 47.6 Å². The third-order valence-electron chi connectivity index (χ3n) is 3.99. The van der Waals surface area contributed by atoms with Crippen molar-refractivity contribution < 1.29 is 4.79 Å². The number of pyridine rings is 1.